The molecule has 4 nitrogen and oxygen atoms in total. The molecule has 0 aliphatic carbocycles. The fourth-order valence-electron chi connectivity index (χ4n) is 2.39. The number of nitro benzene ring substituents is 1. The van der Waals surface area contributed by atoms with Gasteiger partial charge in [0.15, 0.2) is 0 Å². The van der Waals surface area contributed by atoms with Gasteiger partial charge in [-0.15, -0.1) is 0 Å². The molecule has 1 N–H and O–H groups in total. The molecule has 0 heterocycles. The van der Waals surface area contributed by atoms with Crippen molar-refractivity contribution >= 4 is 5.69 Å². The van der Waals surface area contributed by atoms with Gasteiger partial charge in [0, 0.05) is 18.2 Å². The summed E-state index contributed by atoms with van der Waals surface area (Å²) < 4.78 is 0. The minimum Gasteiger partial charge on any atom is -0.314 e. The van der Waals surface area contributed by atoms with Crippen molar-refractivity contribution in [1.82, 2.24) is 5.32 Å². The van der Waals surface area contributed by atoms with Crippen LogP contribution in [0.4, 0.5) is 5.69 Å². The van der Waals surface area contributed by atoms with Crippen LogP contribution in [-0.4, -0.2) is 17.5 Å². The Morgan fingerprint density at radius 3 is 2.68 bits per heavy atom. The van der Waals surface area contributed by atoms with E-state index in [2.05, 4.69) is 26.1 Å². The Hall–Kier alpha value is -1.42. The van der Waals surface area contributed by atoms with Crippen LogP contribution in [0.25, 0.3) is 0 Å². The van der Waals surface area contributed by atoms with Gasteiger partial charge >= 0.3 is 0 Å². The first-order valence-corrected chi connectivity index (χ1v) is 7.05. The Bertz CT molecular complexity index is 407. The smallest absolute Gasteiger partial charge is 0.269 e. The molecule has 0 saturated heterocycles. The monoisotopic (exact) mass is 264 g/mol. The van der Waals surface area contributed by atoms with Crippen molar-refractivity contribution in [1.29, 1.82) is 0 Å². The topological polar surface area (TPSA) is 55.2 Å². The highest BCUT2D eigenvalue weighted by Gasteiger charge is 2.16. The number of hydrogen-bond donors (Lipinski definition) is 1. The number of non-ortho nitro benzene ring substituents is 1. The zero-order valence-corrected chi connectivity index (χ0v) is 12.1. The summed E-state index contributed by atoms with van der Waals surface area (Å²) in [6.07, 6.45) is 3.08. The molecule has 1 aromatic rings. The third kappa shape index (κ3) is 4.99. The molecule has 2 unspecified atom stereocenters. The van der Waals surface area contributed by atoms with E-state index >= 15 is 0 Å². The third-order valence-corrected chi connectivity index (χ3v) is 3.46. The predicted octanol–water partition coefficient (Wildman–Crippen LogP) is 3.55. The molecule has 0 fully saturated rings. The number of nitrogens with one attached hydrogen (secondary N) is 1. The SMILES string of the molecule is CCCNC(CC)C(C)Cc1cccc([N+](=O)[O-])c1. The molecule has 1 aromatic carbocycles. The van der Waals surface area contributed by atoms with Crippen LogP contribution in [0.2, 0.25) is 0 Å². The molecule has 2 atom stereocenters. The predicted molar refractivity (Wildman–Crippen MR) is 78.3 cm³/mol. The van der Waals surface area contributed by atoms with E-state index in [9.17, 15) is 10.1 Å². The van der Waals surface area contributed by atoms with Crippen molar-refractivity contribution in [3.8, 4) is 0 Å². The molecule has 0 aromatic heterocycles. The lowest BCUT2D eigenvalue weighted by Crippen LogP contribution is -2.35. The lowest BCUT2D eigenvalue weighted by Gasteiger charge is -2.24. The fraction of sp³-hybridized carbons (Fsp3) is 0.600. The molecule has 1 rings (SSSR count). The maximum atomic E-state index is 10.8. The lowest BCUT2D eigenvalue weighted by molar-refractivity contribution is -0.384. The molecule has 0 saturated carbocycles. The second-order valence-electron chi connectivity index (χ2n) is 5.08. The standard InChI is InChI=1S/C15H24N2O2/c1-4-9-16-15(5-2)12(3)10-13-7-6-8-14(11-13)17(18)19/h6-8,11-12,15-16H,4-5,9-10H2,1-3H3. The van der Waals surface area contributed by atoms with Crippen molar-refractivity contribution in [3.63, 3.8) is 0 Å². The van der Waals surface area contributed by atoms with Crippen LogP contribution in [0.1, 0.15) is 39.2 Å². The highest BCUT2D eigenvalue weighted by Crippen LogP contribution is 2.18. The molecule has 0 radical (unpaired) electrons. The summed E-state index contributed by atoms with van der Waals surface area (Å²) >= 11 is 0. The molecule has 0 amide bonds. The maximum absolute atomic E-state index is 10.8. The number of hydrogen-bond acceptors (Lipinski definition) is 3. The van der Waals surface area contributed by atoms with Gasteiger partial charge in [-0.25, -0.2) is 0 Å². The summed E-state index contributed by atoms with van der Waals surface area (Å²) in [7, 11) is 0. The average molecular weight is 264 g/mol. The molecule has 106 valence electrons. The second-order valence-corrected chi connectivity index (χ2v) is 5.08. The van der Waals surface area contributed by atoms with Crippen LogP contribution in [0.3, 0.4) is 0 Å². The van der Waals surface area contributed by atoms with E-state index in [0.717, 1.165) is 31.4 Å². The van der Waals surface area contributed by atoms with Gasteiger partial charge in [0.25, 0.3) is 5.69 Å². The summed E-state index contributed by atoms with van der Waals surface area (Å²) in [6, 6.07) is 7.43. The van der Waals surface area contributed by atoms with Crippen LogP contribution in [0, 0.1) is 16.0 Å². The molecular formula is C15H24N2O2. The zero-order valence-electron chi connectivity index (χ0n) is 12.1. The van der Waals surface area contributed by atoms with E-state index in [4.69, 9.17) is 0 Å². The third-order valence-electron chi connectivity index (χ3n) is 3.46. The van der Waals surface area contributed by atoms with Crippen LogP contribution < -0.4 is 5.32 Å². The second kappa shape index (κ2) is 7.89. The van der Waals surface area contributed by atoms with E-state index in [-0.39, 0.29) is 10.6 Å². The Morgan fingerprint density at radius 2 is 2.11 bits per heavy atom. The van der Waals surface area contributed by atoms with Crippen molar-refractivity contribution in [2.75, 3.05) is 6.54 Å². The summed E-state index contributed by atoms with van der Waals surface area (Å²) in [5.74, 6) is 0.471. The van der Waals surface area contributed by atoms with Gasteiger partial charge in [0.05, 0.1) is 4.92 Å². The summed E-state index contributed by atoms with van der Waals surface area (Å²) in [5.41, 5.74) is 1.22. The Morgan fingerprint density at radius 1 is 1.37 bits per heavy atom. The van der Waals surface area contributed by atoms with Gasteiger partial charge in [0.2, 0.25) is 0 Å². The van der Waals surface area contributed by atoms with Crippen LogP contribution in [0.15, 0.2) is 24.3 Å². The van der Waals surface area contributed by atoms with Gasteiger partial charge in [-0.2, -0.15) is 0 Å². The number of benzene rings is 1. The fourth-order valence-corrected chi connectivity index (χ4v) is 2.39. The summed E-state index contributed by atoms with van der Waals surface area (Å²) in [4.78, 5) is 10.4. The number of nitrogens with zero attached hydrogens (tertiary/aromatic N) is 1. The highest BCUT2D eigenvalue weighted by atomic mass is 16.6. The molecule has 0 bridgehead atoms. The highest BCUT2D eigenvalue weighted by molar-refractivity contribution is 5.34. The Balaban J connectivity index is 2.66. The Kier molecular flexibility index (Phi) is 6.50. The van der Waals surface area contributed by atoms with Gasteiger partial charge in [-0.05, 0) is 37.3 Å². The quantitative estimate of drug-likeness (QED) is 0.577. The molecular weight excluding hydrogens is 240 g/mol. The minimum absolute atomic E-state index is 0.180. The maximum Gasteiger partial charge on any atom is 0.269 e. The molecule has 4 heteroatoms. The Labute approximate surface area is 115 Å². The largest absolute Gasteiger partial charge is 0.314 e. The number of rotatable bonds is 8. The van der Waals surface area contributed by atoms with Crippen molar-refractivity contribution < 1.29 is 4.92 Å². The summed E-state index contributed by atoms with van der Waals surface area (Å²) in [6.45, 7) is 7.57. The first-order valence-electron chi connectivity index (χ1n) is 7.05. The van der Waals surface area contributed by atoms with E-state index in [0.29, 0.717) is 12.0 Å². The zero-order chi connectivity index (χ0) is 14.3. The van der Waals surface area contributed by atoms with Crippen LogP contribution in [0.5, 0.6) is 0 Å². The lowest BCUT2D eigenvalue weighted by atomic mass is 9.92. The molecule has 0 aliphatic rings. The molecule has 19 heavy (non-hydrogen) atoms. The van der Waals surface area contributed by atoms with Crippen LogP contribution in [-0.2, 0) is 6.42 Å². The molecule has 0 aliphatic heterocycles. The van der Waals surface area contributed by atoms with Crippen molar-refractivity contribution in [2.24, 2.45) is 5.92 Å². The van der Waals surface area contributed by atoms with Crippen molar-refractivity contribution in [3.05, 3.63) is 39.9 Å². The van der Waals surface area contributed by atoms with Gasteiger partial charge < -0.3 is 5.32 Å². The van der Waals surface area contributed by atoms with E-state index < -0.39 is 0 Å². The first-order chi connectivity index (χ1) is 9.08. The van der Waals surface area contributed by atoms with E-state index in [1.807, 2.05) is 6.07 Å². The first kappa shape index (κ1) is 15.6. The van der Waals surface area contributed by atoms with Gasteiger partial charge in [-0.1, -0.05) is 32.9 Å². The minimum atomic E-state index is -0.333. The van der Waals surface area contributed by atoms with Crippen LogP contribution >= 0.6 is 0 Å². The normalized spacial score (nSPS) is 14.1. The van der Waals surface area contributed by atoms with E-state index in [1.165, 1.54) is 0 Å². The van der Waals surface area contributed by atoms with Gasteiger partial charge in [-0.3, -0.25) is 10.1 Å². The van der Waals surface area contributed by atoms with E-state index in [1.54, 1.807) is 18.2 Å². The van der Waals surface area contributed by atoms with Crippen molar-refractivity contribution in [2.45, 2.75) is 46.1 Å². The summed E-state index contributed by atoms with van der Waals surface area (Å²) in [5, 5.41) is 14.3. The molecule has 0 spiro atoms. The number of nitro groups is 1. The van der Waals surface area contributed by atoms with Gasteiger partial charge in [0.1, 0.15) is 0 Å². The average Bonchev–Trinajstić information content (AvgIpc) is 2.40.